The van der Waals surface area contributed by atoms with Gasteiger partial charge in [-0.05, 0) is 43.4 Å². The summed E-state index contributed by atoms with van der Waals surface area (Å²) in [5.41, 5.74) is 6.37. The summed E-state index contributed by atoms with van der Waals surface area (Å²) in [5, 5.41) is 10.9. The van der Waals surface area contributed by atoms with Gasteiger partial charge in [0.2, 0.25) is 11.8 Å². The maximum absolute atomic E-state index is 13.8. The van der Waals surface area contributed by atoms with E-state index in [1.165, 1.54) is 7.05 Å². The maximum atomic E-state index is 13.8. The van der Waals surface area contributed by atoms with Crippen LogP contribution in [0.2, 0.25) is 5.02 Å². The van der Waals surface area contributed by atoms with Crippen LogP contribution in [0.1, 0.15) is 49.3 Å². The molecule has 4 rings (SSSR count). The topological polar surface area (TPSA) is 142 Å². The van der Waals surface area contributed by atoms with Gasteiger partial charge < -0.3 is 30.4 Å². The van der Waals surface area contributed by atoms with Gasteiger partial charge in [0.1, 0.15) is 18.1 Å². The number of ether oxygens (including phenoxy) is 1. The Morgan fingerprint density at radius 1 is 1.21 bits per heavy atom. The number of carboxylic acids is 1. The van der Waals surface area contributed by atoms with Gasteiger partial charge in [0, 0.05) is 43.7 Å². The summed E-state index contributed by atoms with van der Waals surface area (Å²) in [5.74, 6) is 3.06. The summed E-state index contributed by atoms with van der Waals surface area (Å²) < 4.78 is 32.9. The van der Waals surface area contributed by atoms with Gasteiger partial charge in [-0.1, -0.05) is 18.0 Å². The molecule has 1 aromatic rings. The van der Waals surface area contributed by atoms with Crippen LogP contribution in [-0.4, -0.2) is 77.4 Å². The fraction of sp³-hybridized carbons (Fsp3) is 0.577. The number of fused-ring (bicyclic) bond motifs is 1. The van der Waals surface area contributed by atoms with Crippen LogP contribution in [0.5, 0.6) is 5.75 Å². The largest absolute Gasteiger partial charge is 0.487 e. The maximum Gasteiger partial charge on any atom is 0.307 e. The number of nitrogens with zero attached hydrogens (tertiary/aromatic N) is 3. The molecule has 0 bridgehead atoms. The summed E-state index contributed by atoms with van der Waals surface area (Å²) in [4.78, 5) is 41.6. The van der Waals surface area contributed by atoms with Gasteiger partial charge in [-0.25, -0.2) is 14.6 Å². The van der Waals surface area contributed by atoms with Gasteiger partial charge in [-0.3, -0.25) is 14.4 Å². The van der Waals surface area contributed by atoms with Crippen molar-refractivity contribution in [3.8, 4) is 5.75 Å². The van der Waals surface area contributed by atoms with Crippen molar-refractivity contribution in [2.24, 2.45) is 23.4 Å². The van der Waals surface area contributed by atoms with Crippen LogP contribution in [0.25, 0.3) is 0 Å². The Labute approximate surface area is 230 Å². The number of hydrogen-bond acceptors (Lipinski definition) is 7. The number of likely N-dealkylation sites (tertiary alicyclic amines) is 1. The third-order valence-electron chi connectivity index (χ3n) is 7.87. The van der Waals surface area contributed by atoms with Gasteiger partial charge in [-0.2, -0.15) is 0 Å². The molecule has 214 valence electrons. The third kappa shape index (κ3) is 5.91. The summed E-state index contributed by atoms with van der Waals surface area (Å²) in [6, 6.07) is 2.56. The number of hydrazine groups is 1. The number of carboxylic acid groups (broad SMARTS) is 1. The van der Waals surface area contributed by atoms with Gasteiger partial charge >= 0.3 is 5.97 Å². The standard InChI is InChI=1S/C26H34ClF2N5O5/c1-32(31)23(24(28)29)18(30)13-39-20-8-7-17(27)16-9-11-34(25(36)14-4-2-5-15(14)26(37)38)19(22(16)20)12-33-10-3-6-21(33)35/h7-8,14-15,19,24H,2-6,9-13,30-31H2,1H3,(H,37,38)/b23-18-/t14-,15+,19-/m1/s1. The number of rotatable bonds is 9. The molecule has 2 fully saturated rings. The minimum atomic E-state index is -2.92. The molecule has 0 unspecified atom stereocenters. The molecule has 1 saturated heterocycles. The molecule has 1 saturated carbocycles. The molecule has 5 N–H and O–H groups in total. The SMILES string of the molecule is CN(N)/C(=C(\N)COc1ccc(Cl)c2c1[C@@H](CN1CCCC1=O)N(C(=O)[C@@H]1CCC[C@@H]1C(=O)O)CC2)C(F)F. The molecule has 2 heterocycles. The van der Waals surface area contributed by atoms with Crippen molar-refractivity contribution in [2.45, 2.75) is 51.0 Å². The lowest BCUT2D eigenvalue weighted by molar-refractivity contribution is -0.150. The normalized spacial score (nSPS) is 23.6. The second-order valence-electron chi connectivity index (χ2n) is 10.3. The highest BCUT2D eigenvalue weighted by atomic mass is 35.5. The van der Waals surface area contributed by atoms with E-state index in [0.29, 0.717) is 68.0 Å². The Morgan fingerprint density at radius 2 is 1.92 bits per heavy atom. The molecule has 39 heavy (non-hydrogen) atoms. The van der Waals surface area contributed by atoms with E-state index in [4.69, 9.17) is 27.9 Å². The Kier molecular flexibility index (Phi) is 8.85. The van der Waals surface area contributed by atoms with E-state index >= 15 is 0 Å². The molecule has 10 nitrogen and oxygen atoms in total. The van der Waals surface area contributed by atoms with Crippen LogP contribution >= 0.6 is 11.6 Å². The minimum absolute atomic E-state index is 0.0389. The van der Waals surface area contributed by atoms with Crippen molar-refractivity contribution >= 4 is 29.4 Å². The second kappa shape index (κ2) is 12.0. The number of carbonyl (C=O) groups excluding carboxylic acids is 2. The van der Waals surface area contributed by atoms with E-state index in [1.807, 2.05) is 0 Å². The Morgan fingerprint density at radius 3 is 2.54 bits per heavy atom. The first-order valence-corrected chi connectivity index (χ1v) is 13.4. The van der Waals surface area contributed by atoms with E-state index in [2.05, 4.69) is 0 Å². The zero-order valence-corrected chi connectivity index (χ0v) is 22.5. The number of aliphatic carboxylic acids is 1. The summed E-state index contributed by atoms with van der Waals surface area (Å²) in [6.07, 6.45) is 0.0986. The highest BCUT2D eigenvalue weighted by Gasteiger charge is 2.44. The van der Waals surface area contributed by atoms with E-state index in [9.17, 15) is 28.3 Å². The Hall–Kier alpha value is -3.12. The number of hydrogen-bond donors (Lipinski definition) is 3. The zero-order chi connectivity index (χ0) is 28.4. The first-order chi connectivity index (χ1) is 18.5. The first-order valence-electron chi connectivity index (χ1n) is 13.0. The number of alkyl halides is 2. The lowest BCUT2D eigenvalue weighted by atomic mass is 9.88. The van der Waals surface area contributed by atoms with E-state index in [0.717, 1.165) is 10.6 Å². The molecule has 0 radical (unpaired) electrons. The average molecular weight is 570 g/mol. The van der Waals surface area contributed by atoms with Crippen molar-refractivity contribution in [3.63, 3.8) is 0 Å². The van der Waals surface area contributed by atoms with Gasteiger partial charge in [0.05, 0.1) is 23.6 Å². The average Bonchev–Trinajstić information content (AvgIpc) is 3.52. The smallest absolute Gasteiger partial charge is 0.307 e. The van der Waals surface area contributed by atoms with Crippen LogP contribution in [0.15, 0.2) is 23.5 Å². The van der Waals surface area contributed by atoms with Crippen molar-refractivity contribution in [2.75, 3.05) is 33.3 Å². The lowest BCUT2D eigenvalue weighted by Gasteiger charge is -2.41. The Balaban J connectivity index is 1.73. The van der Waals surface area contributed by atoms with Crippen molar-refractivity contribution in [1.82, 2.24) is 14.8 Å². The molecule has 2 amide bonds. The van der Waals surface area contributed by atoms with Crippen LogP contribution in [0, 0.1) is 11.8 Å². The summed E-state index contributed by atoms with van der Waals surface area (Å²) >= 11 is 6.57. The molecule has 3 atom stereocenters. The van der Waals surface area contributed by atoms with E-state index < -0.39 is 42.6 Å². The highest BCUT2D eigenvalue weighted by molar-refractivity contribution is 6.31. The molecular formula is C26H34ClF2N5O5. The van der Waals surface area contributed by atoms with Gasteiger partial charge in [0.15, 0.2) is 0 Å². The highest BCUT2D eigenvalue weighted by Crippen LogP contribution is 2.43. The van der Waals surface area contributed by atoms with Crippen molar-refractivity contribution in [1.29, 1.82) is 0 Å². The number of benzene rings is 1. The monoisotopic (exact) mass is 569 g/mol. The number of allylic oxidation sites excluding steroid dienone is 1. The number of nitrogens with two attached hydrogens (primary N) is 2. The second-order valence-corrected chi connectivity index (χ2v) is 10.7. The molecule has 13 heteroatoms. The molecule has 1 aromatic carbocycles. The lowest BCUT2D eigenvalue weighted by Crippen LogP contribution is -2.48. The quantitative estimate of drug-likeness (QED) is 0.304. The fourth-order valence-electron chi connectivity index (χ4n) is 5.98. The van der Waals surface area contributed by atoms with E-state index in [-0.39, 0.29) is 24.1 Å². The number of carbonyl (C=O) groups is 3. The van der Waals surface area contributed by atoms with Gasteiger partial charge in [0.25, 0.3) is 6.43 Å². The van der Waals surface area contributed by atoms with Crippen molar-refractivity contribution in [3.05, 3.63) is 39.7 Å². The van der Waals surface area contributed by atoms with Crippen molar-refractivity contribution < 1.29 is 33.0 Å². The van der Waals surface area contributed by atoms with Crippen LogP contribution < -0.4 is 16.3 Å². The summed E-state index contributed by atoms with van der Waals surface area (Å²) in [7, 11) is 1.25. The van der Waals surface area contributed by atoms with Crippen LogP contribution in [-0.2, 0) is 20.8 Å². The summed E-state index contributed by atoms with van der Waals surface area (Å²) in [6.45, 7) is 0.598. The van der Waals surface area contributed by atoms with Gasteiger partial charge in [-0.15, -0.1) is 0 Å². The molecule has 0 aromatic heterocycles. The van der Waals surface area contributed by atoms with Crippen LogP contribution in [0.4, 0.5) is 8.78 Å². The Bertz CT molecular complexity index is 1150. The van der Waals surface area contributed by atoms with E-state index in [1.54, 1.807) is 21.9 Å². The molecule has 1 aliphatic carbocycles. The predicted molar refractivity (Wildman–Crippen MR) is 139 cm³/mol. The number of amides is 2. The molecule has 3 aliphatic rings. The third-order valence-corrected chi connectivity index (χ3v) is 8.22. The molecular weight excluding hydrogens is 536 g/mol. The zero-order valence-electron chi connectivity index (χ0n) is 21.7. The fourth-order valence-corrected chi connectivity index (χ4v) is 6.24. The molecule has 0 spiro atoms. The predicted octanol–water partition coefficient (Wildman–Crippen LogP) is 2.51. The number of halogens is 3. The van der Waals surface area contributed by atoms with Crippen LogP contribution in [0.3, 0.4) is 0 Å². The first kappa shape index (κ1) is 28.9. The molecule has 2 aliphatic heterocycles. The minimum Gasteiger partial charge on any atom is -0.487 e.